The molecule has 0 amide bonds. The maximum absolute atomic E-state index is 5.55. The second-order valence-corrected chi connectivity index (χ2v) is 4.77. The number of nitrogens with zero attached hydrogens (tertiary/aromatic N) is 1. The molecule has 1 aliphatic heterocycles. The van der Waals surface area contributed by atoms with Crippen LogP contribution in [0.3, 0.4) is 0 Å². The Bertz CT molecular complexity index is 403. The molecule has 4 nitrogen and oxygen atoms in total. The molecule has 1 atom stereocenters. The summed E-state index contributed by atoms with van der Waals surface area (Å²) in [4.78, 5) is 2.38. The van der Waals surface area contributed by atoms with Crippen molar-refractivity contribution in [2.75, 3.05) is 44.9 Å². The van der Waals surface area contributed by atoms with E-state index >= 15 is 0 Å². The molecular formula is C15H24N2O2. The summed E-state index contributed by atoms with van der Waals surface area (Å²) in [5.74, 6) is 0.956. The molecule has 1 heterocycles. The van der Waals surface area contributed by atoms with Crippen LogP contribution in [0.15, 0.2) is 18.2 Å². The van der Waals surface area contributed by atoms with Gasteiger partial charge in [-0.05, 0) is 25.6 Å². The van der Waals surface area contributed by atoms with Crippen LogP contribution in [0.2, 0.25) is 0 Å². The van der Waals surface area contributed by atoms with Crippen molar-refractivity contribution in [2.24, 2.45) is 0 Å². The maximum Gasteiger partial charge on any atom is 0.125 e. The normalized spacial score (nSPS) is 17.3. The highest BCUT2D eigenvalue weighted by Gasteiger charge is 2.20. The summed E-state index contributed by atoms with van der Waals surface area (Å²) in [5.41, 5.74) is 2.50. The lowest BCUT2D eigenvalue weighted by molar-refractivity contribution is 0.122. The molecule has 0 radical (unpaired) electrons. The van der Waals surface area contributed by atoms with Gasteiger partial charge in [-0.25, -0.2) is 0 Å². The molecule has 1 N–H and O–H groups in total. The number of morpholine rings is 1. The average molecular weight is 264 g/mol. The molecule has 1 saturated heterocycles. The lowest BCUT2D eigenvalue weighted by atomic mass is 10.0. The molecule has 0 aliphatic carbocycles. The molecule has 0 aromatic heterocycles. The van der Waals surface area contributed by atoms with E-state index in [0.29, 0.717) is 0 Å². The summed E-state index contributed by atoms with van der Waals surface area (Å²) < 4.78 is 11.0. The number of hydrogen-bond donors (Lipinski definition) is 1. The second-order valence-electron chi connectivity index (χ2n) is 4.77. The topological polar surface area (TPSA) is 33.7 Å². The molecule has 4 heteroatoms. The fourth-order valence-corrected chi connectivity index (χ4v) is 2.63. The molecule has 19 heavy (non-hydrogen) atoms. The van der Waals surface area contributed by atoms with Crippen molar-refractivity contribution < 1.29 is 9.47 Å². The molecular weight excluding hydrogens is 240 g/mol. The number of rotatable bonds is 5. The second kappa shape index (κ2) is 6.78. The molecule has 1 aromatic carbocycles. The van der Waals surface area contributed by atoms with Gasteiger partial charge < -0.3 is 19.7 Å². The third kappa shape index (κ3) is 3.19. The molecule has 1 unspecified atom stereocenters. The molecule has 0 spiro atoms. The zero-order chi connectivity index (χ0) is 13.7. The van der Waals surface area contributed by atoms with E-state index in [9.17, 15) is 0 Å². The van der Waals surface area contributed by atoms with Crippen LogP contribution in [-0.4, -0.2) is 40.0 Å². The Hall–Kier alpha value is -1.26. The van der Waals surface area contributed by atoms with Crippen LogP contribution in [0.4, 0.5) is 5.69 Å². The number of anilines is 1. The van der Waals surface area contributed by atoms with Gasteiger partial charge in [0, 0.05) is 30.4 Å². The molecule has 106 valence electrons. The summed E-state index contributed by atoms with van der Waals surface area (Å²) in [6, 6.07) is 6.55. The van der Waals surface area contributed by atoms with E-state index in [2.05, 4.69) is 36.2 Å². The third-order valence-electron chi connectivity index (χ3n) is 3.56. The fraction of sp³-hybridized carbons (Fsp3) is 0.600. The van der Waals surface area contributed by atoms with Crippen molar-refractivity contribution in [3.63, 3.8) is 0 Å². The molecule has 1 fully saturated rings. The zero-order valence-corrected chi connectivity index (χ0v) is 12.1. The van der Waals surface area contributed by atoms with Gasteiger partial charge in [0.25, 0.3) is 0 Å². The summed E-state index contributed by atoms with van der Waals surface area (Å²) in [5, 5.41) is 3.48. The van der Waals surface area contributed by atoms with E-state index in [1.54, 1.807) is 7.11 Å². The largest absolute Gasteiger partial charge is 0.496 e. The van der Waals surface area contributed by atoms with Crippen LogP contribution in [0.1, 0.15) is 25.5 Å². The number of benzene rings is 1. The molecule has 0 saturated carbocycles. The van der Waals surface area contributed by atoms with Crippen LogP contribution in [0, 0.1) is 0 Å². The predicted molar refractivity (Wildman–Crippen MR) is 78.1 cm³/mol. The molecule has 1 aliphatic rings. The van der Waals surface area contributed by atoms with Crippen LogP contribution in [0.25, 0.3) is 0 Å². The van der Waals surface area contributed by atoms with Crippen molar-refractivity contribution in [1.82, 2.24) is 5.32 Å². The highest BCUT2D eigenvalue weighted by molar-refractivity contribution is 5.61. The van der Waals surface area contributed by atoms with Gasteiger partial charge in [-0.1, -0.05) is 13.0 Å². The van der Waals surface area contributed by atoms with E-state index in [-0.39, 0.29) is 6.04 Å². The van der Waals surface area contributed by atoms with Crippen LogP contribution < -0.4 is 15.0 Å². The number of hydrogen-bond acceptors (Lipinski definition) is 4. The Balaban J connectivity index is 2.34. The Labute approximate surface area is 115 Å². The van der Waals surface area contributed by atoms with Gasteiger partial charge in [-0.15, -0.1) is 0 Å². The van der Waals surface area contributed by atoms with Crippen molar-refractivity contribution >= 4 is 5.69 Å². The Morgan fingerprint density at radius 1 is 1.37 bits per heavy atom. The standard InChI is InChI=1S/C15H24N2O2/c1-4-16-12(2)15-13(6-5-7-14(15)18-3)17-8-10-19-11-9-17/h5-7,12,16H,4,8-11H2,1-3H3. The number of methoxy groups -OCH3 is 1. The van der Waals surface area contributed by atoms with Gasteiger partial charge in [0.05, 0.1) is 20.3 Å². The predicted octanol–water partition coefficient (Wildman–Crippen LogP) is 2.20. The van der Waals surface area contributed by atoms with Crippen molar-refractivity contribution in [2.45, 2.75) is 19.9 Å². The van der Waals surface area contributed by atoms with E-state index in [0.717, 1.165) is 38.6 Å². The average Bonchev–Trinajstić information content (AvgIpc) is 2.47. The van der Waals surface area contributed by atoms with Gasteiger partial charge in [0.1, 0.15) is 5.75 Å². The van der Waals surface area contributed by atoms with Crippen molar-refractivity contribution in [3.8, 4) is 5.75 Å². The quantitative estimate of drug-likeness (QED) is 0.884. The van der Waals surface area contributed by atoms with Crippen LogP contribution >= 0.6 is 0 Å². The SMILES string of the molecule is CCNC(C)c1c(OC)cccc1N1CCOCC1. The minimum atomic E-state index is 0.277. The first-order valence-electron chi connectivity index (χ1n) is 7.01. The lowest BCUT2D eigenvalue weighted by Gasteiger charge is -2.32. The highest BCUT2D eigenvalue weighted by Crippen LogP contribution is 2.34. The maximum atomic E-state index is 5.55. The smallest absolute Gasteiger partial charge is 0.125 e. The summed E-state index contributed by atoms with van der Waals surface area (Å²) >= 11 is 0. The van der Waals surface area contributed by atoms with Gasteiger partial charge >= 0.3 is 0 Å². The first-order chi connectivity index (χ1) is 9.27. The zero-order valence-electron chi connectivity index (χ0n) is 12.1. The summed E-state index contributed by atoms with van der Waals surface area (Å²) in [6.45, 7) is 8.74. The lowest BCUT2D eigenvalue weighted by Crippen LogP contribution is -2.37. The Morgan fingerprint density at radius 3 is 2.74 bits per heavy atom. The number of ether oxygens (including phenoxy) is 2. The summed E-state index contributed by atoms with van der Waals surface area (Å²) in [6.07, 6.45) is 0. The Morgan fingerprint density at radius 2 is 2.11 bits per heavy atom. The van der Waals surface area contributed by atoms with Crippen LogP contribution in [0.5, 0.6) is 5.75 Å². The minimum Gasteiger partial charge on any atom is -0.496 e. The van der Waals surface area contributed by atoms with Gasteiger partial charge in [0.15, 0.2) is 0 Å². The third-order valence-corrected chi connectivity index (χ3v) is 3.56. The molecule has 2 rings (SSSR count). The van der Waals surface area contributed by atoms with Gasteiger partial charge in [-0.2, -0.15) is 0 Å². The summed E-state index contributed by atoms with van der Waals surface area (Å²) in [7, 11) is 1.74. The Kier molecular flexibility index (Phi) is 5.05. The minimum absolute atomic E-state index is 0.277. The van der Waals surface area contributed by atoms with Crippen molar-refractivity contribution in [3.05, 3.63) is 23.8 Å². The van der Waals surface area contributed by atoms with E-state index in [1.807, 2.05) is 6.07 Å². The fourth-order valence-electron chi connectivity index (χ4n) is 2.63. The van der Waals surface area contributed by atoms with Gasteiger partial charge in [-0.3, -0.25) is 0 Å². The van der Waals surface area contributed by atoms with Crippen LogP contribution in [-0.2, 0) is 4.74 Å². The molecule has 0 bridgehead atoms. The first kappa shape index (κ1) is 14.2. The monoisotopic (exact) mass is 264 g/mol. The van der Waals surface area contributed by atoms with E-state index < -0.39 is 0 Å². The molecule has 1 aromatic rings. The first-order valence-corrected chi connectivity index (χ1v) is 7.01. The number of nitrogens with one attached hydrogen (secondary N) is 1. The van der Waals surface area contributed by atoms with E-state index in [4.69, 9.17) is 9.47 Å². The van der Waals surface area contributed by atoms with Gasteiger partial charge in [0.2, 0.25) is 0 Å². The van der Waals surface area contributed by atoms with E-state index in [1.165, 1.54) is 11.3 Å². The van der Waals surface area contributed by atoms with Crippen molar-refractivity contribution in [1.29, 1.82) is 0 Å². The highest BCUT2D eigenvalue weighted by atomic mass is 16.5.